The van der Waals surface area contributed by atoms with Crippen molar-refractivity contribution in [3.63, 3.8) is 0 Å². The van der Waals surface area contributed by atoms with Gasteiger partial charge in [0, 0.05) is 6.42 Å². The molecule has 9 atom stereocenters. The first-order valence-electron chi connectivity index (χ1n) is 20.5. The fourth-order valence-corrected chi connectivity index (χ4v) is 5.91. The van der Waals surface area contributed by atoms with Crippen LogP contribution in [0, 0.1) is 11.8 Å². The third-order valence-corrected chi connectivity index (χ3v) is 9.73. The van der Waals surface area contributed by atoms with Crippen molar-refractivity contribution in [1.82, 2.24) is 37.2 Å². The monoisotopic (exact) mass is 878 g/mol. The summed E-state index contributed by atoms with van der Waals surface area (Å²) in [6.07, 6.45) is -0.611. The summed E-state index contributed by atoms with van der Waals surface area (Å²) in [6, 6.07) is -1.36. The molecule has 0 aliphatic rings. The quantitative estimate of drug-likeness (QED) is 0.0343. The first-order chi connectivity index (χ1) is 29.1. The maximum atomic E-state index is 13.6. The van der Waals surface area contributed by atoms with E-state index in [1.165, 1.54) is 6.92 Å². The minimum absolute atomic E-state index is 0.0707. The normalized spacial score (nSPS) is 15.5. The predicted octanol–water partition coefficient (Wildman–Crippen LogP) is -3.86. The fourth-order valence-electron chi connectivity index (χ4n) is 5.91. The van der Waals surface area contributed by atoms with Crippen LogP contribution in [-0.4, -0.2) is 137 Å². The molecule has 22 heteroatoms. The molecule has 0 saturated carbocycles. The zero-order valence-corrected chi connectivity index (χ0v) is 36.0. The summed E-state index contributed by atoms with van der Waals surface area (Å²) >= 11 is 0. The van der Waals surface area contributed by atoms with Crippen LogP contribution in [0.4, 0.5) is 0 Å². The van der Waals surface area contributed by atoms with Gasteiger partial charge >= 0.3 is 5.97 Å². The second-order valence-electron chi connectivity index (χ2n) is 15.5. The average molecular weight is 879 g/mol. The van der Waals surface area contributed by atoms with Crippen molar-refractivity contribution >= 4 is 53.2 Å². The lowest BCUT2D eigenvalue weighted by atomic mass is 9.97. The number of primary amides is 1. The van der Waals surface area contributed by atoms with Crippen molar-refractivity contribution in [2.45, 2.75) is 128 Å². The van der Waals surface area contributed by atoms with Crippen LogP contribution in [0.5, 0.6) is 0 Å². The second kappa shape index (κ2) is 28.0. The molecule has 1 aromatic carbocycles. The van der Waals surface area contributed by atoms with E-state index in [2.05, 4.69) is 37.2 Å². The Hall–Kier alpha value is -5.71. The molecule has 0 aliphatic carbocycles. The molecule has 0 unspecified atom stereocenters. The zero-order valence-electron chi connectivity index (χ0n) is 36.0. The van der Waals surface area contributed by atoms with Crippen LogP contribution in [0.1, 0.15) is 78.7 Å². The van der Waals surface area contributed by atoms with Crippen LogP contribution < -0.4 is 54.4 Å². The van der Waals surface area contributed by atoms with E-state index in [0.29, 0.717) is 24.8 Å². The Labute approximate surface area is 361 Å². The minimum Gasteiger partial charge on any atom is -0.480 e. The number of hydrogen-bond acceptors (Lipinski definition) is 13. The van der Waals surface area contributed by atoms with Gasteiger partial charge in [-0.15, -0.1) is 0 Å². The Balaban J connectivity index is 3.13. The van der Waals surface area contributed by atoms with E-state index >= 15 is 0 Å². The standard InChI is InChI=1S/C40H66N10O12/c1-6-22(4)33(40(61)62)50-37(58)26(16-21(2)3)46-35(56)25(14-10-11-15-41)45-31(54)19-44-34(55)28(18-30(42)53)47-38(59)29(20-51)49-36(57)27(17-24-12-8-7-9-13-24)48-39(60)32(43)23(5)52/h7-9,12-13,21-23,25-29,32-33,51-52H,6,10-11,14-20,41,43H2,1-5H3,(H2,42,53)(H,44,55)(H,45,54)(H,46,56)(H,47,59)(H,48,60)(H,49,57)(H,50,58)(H,61,62)/t22-,23+,25-,26-,27-,28-,29-,32-,33-/m0/s1. The molecule has 0 radical (unpaired) electrons. The Bertz CT molecular complexity index is 1660. The Kier molecular flexibility index (Phi) is 24.5. The van der Waals surface area contributed by atoms with E-state index < -0.39 is 127 Å². The van der Waals surface area contributed by atoms with Crippen LogP contribution in [0.2, 0.25) is 0 Å². The van der Waals surface area contributed by atoms with Gasteiger partial charge in [0.15, 0.2) is 0 Å². The van der Waals surface area contributed by atoms with Crippen LogP contribution in [-0.2, 0) is 49.6 Å². The van der Waals surface area contributed by atoms with Crippen molar-refractivity contribution in [3.8, 4) is 0 Å². The number of aliphatic hydroxyl groups is 2. The number of carboxylic acids is 1. The first kappa shape index (κ1) is 54.3. The van der Waals surface area contributed by atoms with Crippen LogP contribution in [0.25, 0.3) is 0 Å². The summed E-state index contributed by atoms with van der Waals surface area (Å²) in [6.45, 7) is 6.82. The summed E-state index contributed by atoms with van der Waals surface area (Å²) in [5.74, 6) is -9.22. The van der Waals surface area contributed by atoms with Gasteiger partial charge in [-0.05, 0) is 56.6 Å². The minimum atomic E-state index is -1.73. The van der Waals surface area contributed by atoms with Gasteiger partial charge in [-0.1, -0.05) is 64.4 Å². The Morgan fingerprint density at radius 3 is 1.77 bits per heavy atom. The smallest absolute Gasteiger partial charge is 0.326 e. The van der Waals surface area contributed by atoms with Crippen molar-refractivity contribution in [1.29, 1.82) is 0 Å². The van der Waals surface area contributed by atoms with Gasteiger partial charge in [0.05, 0.1) is 25.7 Å². The predicted molar refractivity (Wildman–Crippen MR) is 225 cm³/mol. The molecule has 0 aliphatic heterocycles. The summed E-state index contributed by atoms with van der Waals surface area (Å²) in [5.41, 5.74) is 17.3. The van der Waals surface area contributed by atoms with Gasteiger partial charge in [0.1, 0.15) is 42.3 Å². The third-order valence-electron chi connectivity index (χ3n) is 9.73. The SMILES string of the molecule is CC[C@H](C)[C@H](NC(=O)[C@H](CC(C)C)NC(=O)[C@H](CCCCN)NC(=O)CNC(=O)[C@H](CC(N)=O)NC(=O)[C@H](CO)NC(=O)[C@H](Cc1ccccc1)NC(=O)[C@@H](N)[C@@H](C)O)C(=O)O. The summed E-state index contributed by atoms with van der Waals surface area (Å²) in [4.78, 5) is 116. The molecular formula is C40H66N10O12. The number of aliphatic hydroxyl groups excluding tert-OH is 2. The van der Waals surface area contributed by atoms with Crippen molar-refractivity contribution in [3.05, 3.63) is 35.9 Å². The number of nitrogens with two attached hydrogens (primary N) is 3. The lowest BCUT2D eigenvalue weighted by Crippen LogP contribution is -2.60. The highest BCUT2D eigenvalue weighted by Gasteiger charge is 2.34. The molecule has 0 spiro atoms. The number of carbonyl (C=O) groups excluding carboxylic acids is 8. The number of carboxylic acid groups (broad SMARTS) is 1. The molecule has 0 bridgehead atoms. The highest BCUT2D eigenvalue weighted by Crippen LogP contribution is 2.12. The number of carbonyl (C=O) groups is 9. The van der Waals surface area contributed by atoms with E-state index in [-0.39, 0.29) is 31.7 Å². The topological polar surface area (TPSA) is 377 Å². The van der Waals surface area contributed by atoms with Crippen molar-refractivity contribution < 1.29 is 58.5 Å². The number of aliphatic carboxylic acids is 1. The molecule has 1 aromatic rings. The van der Waals surface area contributed by atoms with Gasteiger partial charge in [-0.25, -0.2) is 4.79 Å². The van der Waals surface area contributed by atoms with E-state index in [9.17, 15) is 58.5 Å². The lowest BCUT2D eigenvalue weighted by molar-refractivity contribution is -0.144. The Morgan fingerprint density at radius 1 is 0.694 bits per heavy atom. The van der Waals surface area contributed by atoms with Gasteiger partial charge < -0.3 is 69.7 Å². The highest BCUT2D eigenvalue weighted by molar-refractivity contribution is 5.98. The summed E-state index contributed by atoms with van der Waals surface area (Å²) in [7, 11) is 0. The van der Waals surface area contributed by atoms with Crippen molar-refractivity contribution in [2.24, 2.45) is 29.0 Å². The molecule has 1 rings (SSSR count). The van der Waals surface area contributed by atoms with Gasteiger partial charge in [0.2, 0.25) is 47.3 Å². The lowest BCUT2D eigenvalue weighted by Gasteiger charge is -2.27. The first-order valence-corrected chi connectivity index (χ1v) is 20.5. The maximum absolute atomic E-state index is 13.6. The summed E-state index contributed by atoms with van der Waals surface area (Å²) < 4.78 is 0. The van der Waals surface area contributed by atoms with Crippen LogP contribution in [0.3, 0.4) is 0 Å². The number of unbranched alkanes of at least 4 members (excludes halogenated alkanes) is 1. The van der Waals surface area contributed by atoms with Gasteiger partial charge in [0.25, 0.3) is 0 Å². The van der Waals surface area contributed by atoms with Gasteiger partial charge in [-0.2, -0.15) is 0 Å². The molecule has 0 saturated heterocycles. The largest absolute Gasteiger partial charge is 0.480 e. The van der Waals surface area contributed by atoms with E-state index in [1.54, 1.807) is 58.0 Å². The van der Waals surface area contributed by atoms with E-state index in [0.717, 1.165) is 0 Å². The number of hydrogen-bond donors (Lipinski definition) is 13. The average Bonchev–Trinajstić information content (AvgIpc) is 3.21. The van der Waals surface area contributed by atoms with E-state index in [1.807, 2.05) is 0 Å². The molecule has 22 nitrogen and oxygen atoms in total. The fraction of sp³-hybridized carbons (Fsp3) is 0.625. The molecular weight excluding hydrogens is 812 g/mol. The highest BCUT2D eigenvalue weighted by atomic mass is 16.4. The Morgan fingerprint density at radius 2 is 1.24 bits per heavy atom. The molecule has 0 heterocycles. The van der Waals surface area contributed by atoms with Crippen molar-refractivity contribution in [2.75, 3.05) is 19.7 Å². The van der Waals surface area contributed by atoms with Crippen LogP contribution in [0.15, 0.2) is 30.3 Å². The molecule has 16 N–H and O–H groups in total. The van der Waals surface area contributed by atoms with Crippen LogP contribution >= 0.6 is 0 Å². The third kappa shape index (κ3) is 19.8. The maximum Gasteiger partial charge on any atom is 0.326 e. The number of rotatable bonds is 29. The zero-order chi connectivity index (χ0) is 47.1. The second-order valence-corrected chi connectivity index (χ2v) is 15.5. The van der Waals surface area contributed by atoms with Gasteiger partial charge in [-0.3, -0.25) is 38.4 Å². The number of nitrogens with one attached hydrogen (secondary N) is 7. The summed E-state index contributed by atoms with van der Waals surface area (Å²) in [5, 5.41) is 46.3. The molecule has 0 fully saturated rings. The molecule has 8 amide bonds. The molecule has 0 aromatic heterocycles. The number of benzene rings is 1. The number of amides is 8. The molecule has 348 valence electrons. The van der Waals surface area contributed by atoms with E-state index in [4.69, 9.17) is 17.2 Å². The molecule has 62 heavy (non-hydrogen) atoms.